The number of amides is 1. The lowest BCUT2D eigenvalue weighted by Crippen LogP contribution is -2.38. The van der Waals surface area contributed by atoms with Crippen molar-refractivity contribution in [3.05, 3.63) is 59.7 Å². The van der Waals surface area contributed by atoms with Gasteiger partial charge in [-0.1, -0.05) is 31.2 Å². The normalized spacial score (nSPS) is 16.9. The van der Waals surface area contributed by atoms with Crippen molar-refractivity contribution in [1.29, 1.82) is 0 Å². The van der Waals surface area contributed by atoms with Gasteiger partial charge in [0.1, 0.15) is 5.75 Å². The summed E-state index contributed by atoms with van der Waals surface area (Å²) in [5.41, 5.74) is 1.17. The van der Waals surface area contributed by atoms with Gasteiger partial charge in [0.2, 0.25) is 10.0 Å². The van der Waals surface area contributed by atoms with Gasteiger partial charge in [-0.3, -0.25) is 4.79 Å². The van der Waals surface area contributed by atoms with Gasteiger partial charge >= 0.3 is 0 Å². The number of nitrogens with zero attached hydrogens (tertiary/aromatic N) is 1. The maximum atomic E-state index is 13.0. The lowest BCUT2D eigenvalue weighted by Gasteiger charge is -2.29. The molecule has 6 nitrogen and oxygen atoms in total. The number of nitrogens with one attached hydrogen (secondary N) is 1. The quantitative estimate of drug-likeness (QED) is 0.781. The van der Waals surface area contributed by atoms with Crippen LogP contribution in [0.5, 0.6) is 5.75 Å². The van der Waals surface area contributed by atoms with Crippen LogP contribution >= 0.6 is 0 Å². The Morgan fingerprint density at radius 2 is 1.83 bits per heavy atom. The summed E-state index contributed by atoms with van der Waals surface area (Å²) in [4.78, 5) is 12.9. The molecule has 1 atom stereocenters. The SMILES string of the molecule is COc1ccccc1[C@@H](C)NC(=O)c1cccc(S(=O)(=O)N2CCC(C)CC2)c1. The molecule has 1 fully saturated rings. The van der Waals surface area contributed by atoms with E-state index in [1.807, 2.05) is 31.2 Å². The Bertz CT molecular complexity index is 966. The van der Waals surface area contributed by atoms with E-state index in [1.165, 1.54) is 10.4 Å². The smallest absolute Gasteiger partial charge is 0.251 e. The topological polar surface area (TPSA) is 75.7 Å². The van der Waals surface area contributed by atoms with Crippen LogP contribution in [0, 0.1) is 5.92 Å². The van der Waals surface area contributed by atoms with E-state index in [4.69, 9.17) is 4.74 Å². The standard InChI is InChI=1S/C22H28N2O4S/c1-16-11-13-24(14-12-16)29(26,27)19-8-6-7-18(15-19)22(25)23-17(2)20-9-4-5-10-21(20)28-3/h4-10,15-17H,11-14H2,1-3H3,(H,23,25)/t17-/m1/s1. The van der Waals surface area contributed by atoms with Crippen molar-refractivity contribution in [2.24, 2.45) is 5.92 Å². The molecule has 0 unspecified atom stereocenters. The lowest BCUT2D eigenvalue weighted by molar-refractivity contribution is 0.0939. The maximum Gasteiger partial charge on any atom is 0.251 e. The molecule has 0 aliphatic carbocycles. The Labute approximate surface area is 172 Å². The number of hydrogen-bond acceptors (Lipinski definition) is 4. The number of benzene rings is 2. The summed E-state index contributed by atoms with van der Waals surface area (Å²) in [6.45, 7) is 5.04. The highest BCUT2D eigenvalue weighted by atomic mass is 32.2. The van der Waals surface area contributed by atoms with Gasteiger partial charge in [0.05, 0.1) is 18.0 Å². The zero-order valence-electron chi connectivity index (χ0n) is 17.1. The third-order valence-corrected chi connectivity index (χ3v) is 7.32. The minimum absolute atomic E-state index is 0.157. The van der Waals surface area contributed by atoms with Gasteiger partial charge in [0.25, 0.3) is 5.91 Å². The van der Waals surface area contributed by atoms with Crippen molar-refractivity contribution in [3.63, 3.8) is 0 Å². The average molecular weight is 417 g/mol. The van der Waals surface area contributed by atoms with E-state index in [2.05, 4.69) is 12.2 Å². The summed E-state index contributed by atoms with van der Waals surface area (Å²) in [5, 5.41) is 2.92. The van der Waals surface area contributed by atoms with Crippen LogP contribution in [-0.2, 0) is 10.0 Å². The molecule has 1 saturated heterocycles. The van der Waals surface area contributed by atoms with Crippen LogP contribution < -0.4 is 10.1 Å². The Hall–Kier alpha value is -2.38. The largest absolute Gasteiger partial charge is 0.496 e. The van der Waals surface area contributed by atoms with Crippen LogP contribution in [0.4, 0.5) is 0 Å². The fourth-order valence-electron chi connectivity index (χ4n) is 3.55. The highest BCUT2D eigenvalue weighted by Gasteiger charge is 2.28. The molecule has 1 N–H and O–H groups in total. The van der Waals surface area contributed by atoms with E-state index in [9.17, 15) is 13.2 Å². The number of methoxy groups -OCH3 is 1. The van der Waals surface area contributed by atoms with Crippen molar-refractivity contribution >= 4 is 15.9 Å². The third-order valence-electron chi connectivity index (χ3n) is 5.43. The van der Waals surface area contributed by atoms with Crippen LogP contribution in [0.1, 0.15) is 48.7 Å². The zero-order valence-corrected chi connectivity index (χ0v) is 17.9. The van der Waals surface area contributed by atoms with Gasteiger partial charge in [-0.05, 0) is 49.9 Å². The third kappa shape index (κ3) is 4.79. The summed E-state index contributed by atoms with van der Waals surface area (Å²) >= 11 is 0. The second-order valence-corrected chi connectivity index (χ2v) is 9.49. The summed E-state index contributed by atoms with van der Waals surface area (Å²) in [7, 11) is -2.01. The second-order valence-electron chi connectivity index (χ2n) is 7.55. The van der Waals surface area contributed by atoms with Gasteiger partial charge in [-0.25, -0.2) is 8.42 Å². The van der Waals surface area contributed by atoms with Crippen molar-refractivity contribution in [3.8, 4) is 5.75 Å². The first-order chi connectivity index (χ1) is 13.8. The number of sulfonamides is 1. The number of ether oxygens (including phenoxy) is 1. The maximum absolute atomic E-state index is 13.0. The number of hydrogen-bond donors (Lipinski definition) is 1. The molecule has 0 bridgehead atoms. The van der Waals surface area contributed by atoms with Crippen LogP contribution in [0.3, 0.4) is 0 Å². The number of rotatable bonds is 6. The second kappa shape index (κ2) is 8.97. The van der Waals surface area contributed by atoms with E-state index >= 15 is 0 Å². The van der Waals surface area contributed by atoms with E-state index < -0.39 is 10.0 Å². The molecule has 2 aromatic carbocycles. The molecule has 7 heteroatoms. The van der Waals surface area contributed by atoms with E-state index in [-0.39, 0.29) is 16.8 Å². The molecule has 0 aromatic heterocycles. The molecule has 1 aliphatic rings. The number of carbonyl (C=O) groups is 1. The van der Waals surface area contributed by atoms with Crippen LogP contribution in [-0.4, -0.2) is 38.8 Å². The molecular weight excluding hydrogens is 388 g/mol. The molecule has 29 heavy (non-hydrogen) atoms. The van der Waals surface area contributed by atoms with Crippen molar-refractivity contribution in [2.75, 3.05) is 20.2 Å². The monoisotopic (exact) mass is 416 g/mol. The molecule has 0 radical (unpaired) electrons. The van der Waals surface area contributed by atoms with Gasteiger partial charge < -0.3 is 10.1 Å². The molecular formula is C22H28N2O4S. The Morgan fingerprint density at radius 3 is 2.52 bits per heavy atom. The molecule has 1 amide bonds. The molecule has 1 heterocycles. The lowest BCUT2D eigenvalue weighted by atomic mass is 10.0. The number of piperidine rings is 1. The minimum Gasteiger partial charge on any atom is -0.496 e. The fraction of sp³-hybridized carbons (Fsp3) is 0.409. The van der Waals surface area contributed by atoms with Crippen LogP contribution in [0.15, 0.2) is 53.4 Å². The fourth-order valence-corrected chi connectivity index (χ4v) is 5.07. The predicted molar refractivity (Wildman–Crippen MR) is 112 cm³/mol. The van der Waals surface area contributed by atoms with Crippen molar-refractivity contribution in [1.82, 2.24) is 9.62 Å². The molecule has 156 valence electrons. The Kier molecular flexibility index (Phi) is 6.59. The van der Waals surface area contributed by atoms with E-state index in [0.717, 1.165) is 18.4 Å². The van der Waals surface area contributed by atoms with Gasteiger partial charge in [-0.2, -0.15) is 4.31 Å². The van der Waals surface area contributed by atoms with Gasteiger partial charge in [0, 0.05) is 24.2 Å². The van der Waals surface area contributed by atoms with Crippen LogP contribution in [0.2, 0.25) is 0 Å². The number of carbonyl (C=O) groups excluding carboxylic acids is 1. The molecule has 1 aliphatic heterocycles. The first-order valence-electron chi connectivity index (χ1n) is 9.87. The van der Waals surface area contributed by atoms with Crippen LogP contribution in [0.25, 0.3) is 0 Å². The first-order valence-corrected chi connectivity index (χ1v) is 11.3. The summed E-state index contributed by atoms with van der Waals surface area (Å²) < 4.78 is 32.8. The summed E-state index contributed by atoms with van der Waals surface area (Å²) in [6, 6.07) is 13.4. The Balaban J connectivity index is 1.77. The first kappa shape index (κ1) is 21.3. The summed E-state index contributed by atoms with van der Waals surface area (Å²) in [5.74, 6) is 0.902. The Morgan fingerprint density at radius 1 is 1.14 bits per heavy atom. The number of para-hydroxylation sites is 1. The van der Waals surface area contributed by atoms with Crippen molar-refractivity contribution in [2.45, 2.75) is 37.6 Å². The predicted octanol–water partition coefficient (Wildman–Crippen LogP) is 3.61. The van der Waals surface area contributed by atoms with Gasteiger partial charge in [0.15, 0.2) is 0 Å². The molecule has 0 saturated carbocycles. The molecule has 0 spiro atoms. The highest BCUT2D eigenvalue weighted by Crippen LogP contribution is 2.26. The minimum atomic E-state index is -3.60. The molecule has 2 aromatic rings. The van der Waals surface area contributed by atoms with Gasteiger partial charge in [-0.15, -0.1) is 0 Å². The highest BCUT2D eigenvalue weighted by molar-refractivity contribution is 7.89. The van der Waals surface area contributed by atoms with E-state index in [1.54, 1.807) is 25.3 Å². The average Bonchev–Trinajstić information content (AvgIpc) is 2.74. The van der Waals surface area contributed by atoms with E-state index in [0.29, 0.717) is 30.3 Å². The zero-order chi connectivity index (χ0) is 21.0. The summed E-state index contributed by atoms with van der Waals surface area (Å²) in [6.07, 6.45) is 1.71. The van der Waals surface area contributed by atoms with Crippen molar-refractivity contribution < 1.29 is 17.9 Å². The molecule has 3 rings (SSSR count).